The minimum Gasteiger partial charge on any atom is -0.481 e. The van der Waals surface area contributed by atoms with E-state index in [1.54, 1.807) is 34.6 Å². The SMILES string of the molecule is CCOP(=O)(OCC)C(CCCNC(=O)OC(C)(C)C)C(=O)O. The highest BCUT2D eigenvalue weighted by atomic mass is 31.2. The van der Waals surface area contributed by atoms with E-state index < -0.39 is 30.9 Å². The van der Waals surface area contributed by atoms with Crippen LogP contribution in [0, 0.1) is 0 Å². The van der Waals surface area contributed by atoms with Gasteiger partial charge >= 0.3 is 19.7 Å². The Hall–Kier alpha value is -1.11. The predicted octanol–water partition coefficient (Wildman–Crippen LogP) is 3.01. The molecule has 0 rings (SSSR count). The molecule has 1 amide bonds. The van der Waals surface area contributed by atoms with Crippen molar-refractivity contribution in [3.05, 3.63) is 0 Å². The molecular formula is C14H28NO7P. The topological polar surface area (TPSA) is 111 Å². The molecule has 1 atom stereocenters. The van der Waals surface area contributed by atoms with Crippen LogP contribution in [-0.4, -0.2) is 48.2 Å². The molecule has 8 nitrogen and oxygen atoms in total. The molecule has 23 heavy (non-hydrogen) atoms. The van der Waals surface area contributed by atoms with Crippen LogP contribution in [0.2, 0.25) is 0 Å². The molecule has 136 valence electrons. The first kappa shape index (κ1) is 21.9. The number of alkyl carbamates (subject to hydrolysis) is 1. The quantitative estimate of drug-likeness (QED) is 0.459. The van der Waals surface area contributed by atoms with Gasteiger partial charge in [0.1, 0.15) is 5.60 Å². The summed E-state index contributed by atoms with van der Waals surface area (Å²) in [6.07, 6.45) is -0.217. The first-order valence-corrected chi connectivity index (χ1v) is 9.25. The van der Waals surface area contributed by atoms with Crippen molar-refractivity contribution in [3.8, 4) is 0 Å². The fourth-order valence-corrected chi connectivity index (χ4v) is 3.72. The van der Waals surface area contributed by atoms with Gasteiger partial charge in [-0.25, -0.2) is 4.79 Å². The molecule has 0 heterocycles. The molecule has 0 radical (unpaired) electrons. The van der Waals surface area contributed by atoms with Crippen LogP contribution < -0.4 is 5.32 Å². The summed E-state index contributed by atoms with van der Waals surface area (Å²) in [6.45, 7) is 8.86. The van der Waals surface area contributed by atoms with Crippen LogP contribution in [0.4, 0.5) is 4.79 Å². The summed E-state index contributed by atoms with van der Waals surface area (Å²) in [6, 6.07) is 0. The van der Waals surface area contributed by atoms with Crippen LogP contribution in [-0.2, 0) is 23.1 Å². The summed E-state index contributed by atoms with van der Waals surface area (Å²) in [5.41, 5.74) is -1.87. The largest absolute Gasteiger partial charge is 0.481 e. The second-order valence-electron chi connectivity index (χ2n) is 5.80. The van der Waals surface area contributed by atoms with Crippen LogP contribution in [0.5, 0.6) is 0 Å². The van der Waals surface area contributed by atoms with Crippen molar-refractivity contribution in [2.75, 3.05) is 19.8 Å². The number of carboxylic acid groups (broad SMARTS) is 1. The standard InChI is InChI=1S/C14H28NO7P/c1-6-20-23(19,21-7-2)11(12(16)17)9-8-10-15-13(18)22-14(3,4)5/h11H,6-10H2,1-5H3,(H,15,18)(H,16,17). The zero-order valence-electron chi connectivity index (χ0n) is 14.5. The number of ether oxygens (including phenoxy) is 1. The third-order valence-corrected chi connectivity index (χ3v) is 5.09. The van der Waals surface area contributed by atoms with E-state index in [1.807, 2.05) is 0 Å². The molecule has 0 bridgehead atoms. The maximum Gasteiger partial charge on any atom is 0.407 e. The zero-order chi connectivity index (χ0) is 18.1. The Morgan fingerprint density at radius 3 is 2.09 bits per heavy atom. The Bertz CT molecular complexity index is 423. The lowest BCUT2D eigenvalue weighted by molar-refractivity contribution is -0.137. The monoisotopic (exact) mass is 353 g/mol. The van der Waals surface area contributed by atoms with Crippen molar-refractivity contribution < 1.29 is 33.0 Å². The molecule has 0 aromatic heterocycles. The Balaban J connectivity index is 4.53. The van der Waals surface area contributed by atoms with E-state index in [1.165, 1.54) is 0 Å². The summed E-state index contributed by atoms with van der Waals surface area (Å²) in [5.74, 6) is -1.24. The molecule has 2 N–H and O–H groups in total. The molecular weight excluding hydrogens is 325 g/mol. The van der Waals surface area contributed by atoms with Crippen molar-refractivity contribution in [1.29, 1.82) is 0 Å². The maximum absolute atomic E-state index is 12.5. The Morgan fingerprint density at radius 1 is 1.17 bits per heavy atom. The van der Waals surface area contributed by atoms with Crippen LogP contribution >= 0.6 is 7.60 Å². The van der Waals surface area contributed by atoms with Gasteiger partial charge in [0.15, 0.2) is 5.66 Å². The van der Waals surface area contributed by atoms with Gasteiger partial charge in [-0.1, -0.05) is 0 Å². The third kappa shape index (κ3) is 8.93. The summed E-state index contributed by atoms with van der Waals surface area (Å²) < 4.78 is 27.8. The van der Waals surface area contributed by atoms with E-state index in [0.717, 1.165) is 0 Å². The highest BCUT2D eigenvalue weighted by Crippen LogP contribution is 2.54. The smallest absolute Gasteiger partial charge is 0.407 e. The summed E-state index contributed by atoms with van der Waals surface area (Å²) >= 11 is 0. The minimum absolute atomic E-state index is 0.0579. The van der Waals surface area contributed by atoms with Gasteiger partial charge in [-0.2, -0.15) is 0 Å². The fourth-order valence-electron chi connectivity index (χ4n) is 1.79. The Labute approximate surface area is 137 Å². The summed E-state index contributed by atoms with van der Waals surface area (Å²) in [4.78, 5) is 22.9. The van der Waals surface area contributed by atoms with Crippen LogP contribution in [0.3, 0.4) is 0 Å². The van der Waals surface area contributed by atoms with Crippen LogP contribution in [0.25, 0.3) is 0 Å². The number of carbonyl (C=O) groups is 2. The normalized spacial score (nSPS) is 13.4. The van der Waals surface area contributed by atoms with E-state index in [4.69, 9.17) is 13.8 Å². The number of amides is 1. The average molecular weight is 353 g/mol. The molecule has 0 aliphatic rings. The minimum atomic E-state index is -3.73. The number of carbonyl (C=O) groups excluding carboxylic acids is 1. The van der Waals surface area contributed by atoms with Crippen molar-refractivity contribution >= 4 is 19.7 Å². The molecule has 1 unspecified atom stereocenters. The third-order valence-electron chi connectivity index (χ3n) is 2.61. The van der Waals surface area contributed by atoms with Gasteiger partial charge in [-0.05, 0) is 47.5 Å². The zero-order valence-corrected chi connectivity index (χ0v) is 15.4. The lowest BCUT2D eigenvalue weighted by atomic mass is 10.2. The van der Waals surface area contributed by atoms with Gasteiger partial charge in [-0.3, -0.25) is 9.36 Å². The highest BCUT2D eigenvalue weighted by Gasteiger charge is 2.40. The van der Waals surface area contributed by atoms with E-state index >= 15 is 0 Å². The lowest BCUT2D eigenvalue weighted by Gasteiger charge is -2.23. The second-order valence-corrected chi connectivity index (χ2v) is 8.02. The van der Waals surface area contributed by atoms with E-state index in [2.05, 4.69) is 5.32 Å². The summed E-state index contributed by atoms with van der Waals surface area (Å²) in [5, 5.41) is 11.8. The maximum atomic E-state index is 12.5. The molecule has 0 aliphatic carbocycles. The van der Waals surface area contributed by atoms with Gasteiger partial charge in [0, 0.05) is 6.54 Å². The molecule has 0 spiro atoms. The lowest BCUT2D eigenvalue weighted by Crippen LogP contribution is -2.33. The van der Waals surface area contributed by atoms with Crippen LogP contribution in [0.15, 0.2) is 0 Å². The van der Waals surface area contributed by atoms with E-state index in [0.29, 0.717) is 6.42 Å². The van der Waals surface area contributed by atoms with E-state index in [9.17, 15) is 19.3 Å². The molecule has 0 saturated carbocycles. The van der Waals surface area contributed by atoms with E-state index in [-0.39, 0.29) is 26.2 Å². The first-order chi connectivity index (χ1) is 10.6. The number of rotatable bonds is 10. The van der Waals surface area contributed by atoms with Gasteiger partial charge in [-0.15, -0.1) is 0 Å². The second kappa shape index (κ2) is 9.90. The number of nitrogens with one attached hydrogen (secondary N) is 1. The Kier molecular flexibility index (Phi) is 9.42. The molecule has 0 aliphatic heterocycles. The fraction of sp³-hybridized carbons (Fsp3) is 0.857. The van der Waals surface area contributed by atoms with Crippen molar-refractivity contribution in [1.82, 2.24) is 5.32 Å². The van der Waals surface area contributed by atoms with Crippen molar-refractivity contribution in [2.45, 2.75) is 58.7 Å². The van der Waals surface area contributed by atoms with Gasteiger partial charge < -0.3 is 24.2 Å². The number of carboxylic acids is 1. The molecule has 0 aromatic rings. The Morgan fingerprint density at radius 2 is 1.70 bits per heavy atom. The number of hydrogen-bond donors (Lipinski definition) is 2. The van der Waals surface area contributed by atoms with Gasteiger partial charge in [0.25, 0.3) is 0 Å². The van der Waals surface area contributed by atoms with Crippen molar-refractivity contribution in [2.24, 2.45) is 0 Å². The molecule has 0 aromatic carbocycles. The van der Waals surface area contributed by atoms with Crippen LogP contribution in [0.1, 0.15) is 47.5 Å². The number of hydrogen-bond acceptors (Lipinski definition) is 6. The first-order valence-electron chi connectivity index (χ1n) is 7.64. The predicted molar refractivity (Wildman–Crippen MR) is 85.8 cm³/mol. The van der Waals surface area contributed by atoms with Crippen molar-refractivity contribution in [3.63, 3.8) is 0 Å². The molecule has 9 heteroatoms. The number of aliphatic carboxylic acids is 1. The average Bonchev–Trinajstić information content (AvgIpc) is 2.36. The molecule has 0 saturated heterocycles. The van der Waals surface area contributed by atoms with Gasteiger partial charge in [0.05, 0.1) is 13.2 Å². The highest BCUT2D eigenvalue weighted by molar-refractivity contribution is 7.55. The molecule has 0 fully saturated rings. The summed E-state index contributed by atoms with van der Waals surface area (Å²) in [7, 11) is -3.73. The van der Waals surface area contributed by atoms with Gasteiger partial charge in [0.2, 0.25) is 0 Å².